The minimum absolute atomic E-state index is 0.0363. The lowest BCUT2D eigenvalue weighted by Gasteiger charge is -2.12. The Morgan fingerprint density at radius 1 is 1.26 bits per heavy atom. The number of benzene rings is 1. The fourth-order valence-electron chi connectivity index (χ4n) is 2.57. The van der Waals surface area contributed by atoms with Crippen molar-refractivity contribution in [3.05, 3.63) is 18.2 Å². The van der Waals surface area contributed by atoms with Crippen LogP contribution in [0.3, 0.4) is 0 Å². The molecule has 148 valence electrons. The summed E-state index contributed by atoms with van der Waals surface area (Å²) in [5.74, 6) is 1.79. The highest BCUT2D eigenvalue weighted by molar-refractivity contribution is 7.99. The molecule has 0 fully saturated rings. The Morgan fingerprint density at radius 2 is 2.07 bits per heavy atom. The van der Waals surface area contributed by atoms with Crippen LogP contribution in [0.1, 0.15) is 39.5 Å². The third-order valence-corrected chi connectivity index (χ3v) is 4.84. The third kappa shape index (κ3) is 6.46. The molecule has 0 saturated carbocycles. The quantitative estimate of drug-likeness (QED) is 0.457. The summed E-state index contributed by atoms with van der Waals surface area (Å²) in [6.07, 6.45) is 4.48. The summed E-state index contributed by atoms with van der Waals surface area (Å²) in [6.45, 7) is 4.19. The first-order valence-electron chi connectivity index (χ1n) is 9.05. The van der Waals surface area contributed by atoms with Crippen LogP contribution in [0, 0.1) is 0 Å². The molecule has 0 aliphatic heterocycles. The molecule has 7 nitrogen and oxygen atoms in total. The van der Waals surface area contributed by atoms with Crippen LogP contribution < -0.4 is 14.8 Å². The molecule has 1 aromatic heterocycles. The van der Waals surface area contributed by atoms with Crippen molar-refractivity contribution in [3.63, 3.8) is 0 Å². The van der Waals surface area contributed by atoms with Gasteiger partial charge in [0.15, 0.2) is 0 Å². The Morgan fingerprint density at radius 3 is 2.78 bits per heavy atom. The highest BCUT2D eigenvalue weighted by Crippen LogP contribution is 2.33. The van der Waals surface area contributed by atoms with Gasteiger partial charge in [0.25, 0.3) is 11.1 Å². The van der Waals surface area contributed by atoms with Crippen molar-refractivity contribution in [1.29, 1.82) is 0 Å². The third-order valence-electron chi connectivity index (χ3n) is 4.02. The van der Waals surface area contributed by atoms with Crippen LogP contribution >= 0.6 is 11.8 Å². The summed E-state index contributed by atoms with van der Waals surface area (Å²) in [6, 6.07) is 5.51. The van der Waals surface area contributed by atoms with Crippen molar-refractivity contribution in [2.45, 2.75) is 50.8 Å². The van der Waals surface area contributed by atoms with Crippen LogP contribution in [0.4, 0.5) is 0 Å². The monoisotopic (exact) mass is 393 g/mol. The van der Waals surface area contributed by atoms with Gasteiger partial charge in [0.2, 0.25) is 5.91 Å². The van der Waals surface area contributed by atoms with E-state index in [2.05, 4.69) is 22.4 Å². The maximum Gasteiger partial charge on any atom is 0.277 e. The molecule has 0 bridgehead atoms. The van der Waals surface area contributed by atoms with Gasteiger partial charge in [-0.25, -0.2) is 0 Å². The predicted octanol–water partition coefficient (Wildman–Crippen LogP) is 3.93. The number of hydrogen-bond donors (Lipinski definition) is 1. The Hall–Kier alpha value is -2.22. The maximum absolute atomic E-state index is 12.1. The van der Waals surface area contributed by atoms with Crippen LogP contribution in [0.5, 0.6) is 11.5 Å². The van der Waals surface area contributed by atoms with Crippen LogP contribution in [0.15, 0.2) is 27.8 Å². The van der Waals surface area contributed by atoms with E-state index in [1.807, 2.05) is 6.92 Å². The summed E-state index contributed by atoms with van der Waals surface area (Å²) in [5, 5.41) is 11.4. The number of nitrogens with one attached hydrogen (secondary N) is 1. The highest BCUT2D eigenvalue weighted by Gasteiger charge is 2.16. The molecule has 2 rings (SSSR count). The molecule has 0 spiro atoms. The van der Waals surface area contributed by atoms with Crippen molar-refractivity contribution in [2.75, 3.05) is 20.0 Å². The Kier molecular flexibility index (Phi) is 8.44. The van der Waals surface area contributed by atoms with E-state index in [4.69, 9.17) is 13.9 Å². The number of methoxy groups -OCH3 is 2. The van der Waals surface area contributed by atoms with Gasteiger partial charge < -0.3 is 19.2 Å². The number of amides is 1. The lowest BCUT2D eigenvalue weighted by molar-refractivity contribution is -0.119. The van der Waals surface area contributed by atoms with Crippen LogP contribution in [-0.2, 0) is 4.79 Å². The van der Waals surface area contributed by atoms with E-state index >= 15 is 0 Å². The second kappa shape index (κ2) is 10.8. The van der Waals surface area contributed by atoms with Gasteiger partial charge >= 0.3 is 0 Å². The van der Waals surface area contributed by atoms with Crippen molar-refractivity contribution in [1.82, 2.24) is 15.5 Å². The largest absolute Gasteiger partial charge is 0.497 e. The van der Waals surface area contributed by atoms with Crippen LogP contribution in [0.25, 0.3) is 11.5 Å². The van der Waals surface area contributed by atoms with Gasteiger partial charge in [-0.05, 0) is 25.5 Å². The zero-order valence-electron chi connectivity index (χ0n) is 16.3. The van der Waals surface area contributed by atoms with Gasteiger partial charge in [0.05, 0.1) is 25.5 Å². The molecule has 1 atom stereocenters. The standard InChI is InChI=1S/C19H27N3O4S/c1-5-6-7-8-13(2)20-17(23)12-27-19-22-21-18(26-19)15-10-9-14(24-3)11-16(15)25-4/h9-11,13H,5-8,12H2,1-4H3,(H,20,23). The lowest BCUT2D eigenvalue weighted by atomic mass is 10.1. The number of unbranched alkanes of at least 4 members (excludes halogenated alkanes) is 2. The molecule has 1 unspecified atom stereocenters. The number of ether oxygens (including phenoxy) is 2. The number of hydrogen-bond acceptors (Lipinski definition) is 7. The first-order valence-corrected chi connectivity index (χ1v) is 10.0. The molecule has 1 aromatic carbocycles. The number of aromatic nitrogens is 2. The van der Waals surface area contributed by atoms with Crippen molar-refractivity contribution >= 4 is 17.7 Å². The Balaban J connectivity index is 1.90. The van der Waals surface area contributed by atoms with Crippen LogP contribution in [0.2, 0.25) is 0 Å². The minimum Gasteiger partial charge on any atom is -0.497 e. The average molecular weight is 394 g/mol. The van der Waals surface area contributed by atoms with E-state index in [-0.39, 0.29) is 17.7 Å². The van der Waals surface area contributed by atoms with E-state index in [1.165, 1.54) is 24.6 Å². The second-order valence-corrected chi connectivity index (χ2v) is 7.12. The molecular weight excluding hydrogens is 366 g/mol. The second-order valence-electron chi connectivity index (χ2n) is 6.19. The number of carbonyl (C=O) groups is 1. The molecule has 2 aromatic rings. The lowest BCUT2D eigenvalue weighted by Crippen LogP contribution is -2.33. The molecule has 1 N–H and O–H groups in total. The van der Waals surface area contributed by atoms with Gasteiger partial charge in [-0.3, -0.25) is 4.79 Å². The summed E-state index contributed by atoms with van der Waals surface area (Å²) in [7, 11) is 3.15. The molecule has 0 aliphatic rings. The molecule has 0 radical (unpaired) electrons. The normalized spacial score (nSPS) is 11.9. The predicted molar refractivity (Wildman–Crippen MR) is 105 cm³/mol. The zero-order chi connectivity index (χ0) is 19.6. The zero-order valence-corrected chi connectivity index (χ0v) is 17.1. The van der Waals surface area contributed by atoms with E-state index in [0.29, 0.717) is 28.2 Å². The molecular formula is C19H27N3O4S. The summed E-state index contributed by atoms with van der Waals surface area (Å²) < 4.78 is 16.2. The summed E-state index contributed by atoms with van der Waals surface area (Å²) in [4.78, 5) is 12.1. The smallest absolute Gasteiger partial charge is 0.277 e. The van der Waals surface area contributed by atoms with E-state index < -0.39 is 0 Å². The Bertz CT molecular complexity index is 735. The van der Waals surface area contributed by atoms with Crippen LogP contribution in [-0.4, -0.2) is 42.1 Å². The topological polar surface area (TPSA) is 86.5 Å². The fourth-order valence-corrected chi connectivity index (χ4v) is 3.14. The van der Waals surface area contributed by atoms with Gasteiger partial charge in [-0.2, -0.15) is 0 Å². The average Bonchev–Trinajstić information content (AvgIpc) is 3.14. The molecule has 8 heteroatoms. The first kappa shape index (κ1) is 21.1. The van der Waals surface area contributed by atoms with E-state index in [9.17, 15) is 4.79 Å². The van der Waals surface area contributed by atoms with Gasteiger partial charge in [-0.1, -0.05) is 37.9 Å². The van der Waals surface area contributed by atoms with Gasteiger partial charge in [-0.15, -0.1) is 10.2 Å². The van der Waals surface area contributed by atoms with Crippen molar-refractivity contribution < 1.29 is 18.7 Å². The summed E-state index contributed by atoms with van der Waals surface area (Å²) in [5.41, 5.74) is 0.673. The SMILES string of the molecule is CCCCCC(C)NC(=O)CSc1nnc(-c2ccc(OC)cc2OC)o1. The molecule has 1 heterocycles. The van der Waals surface area contributed by atoms with E-state index in [1.54, 1.807) is 32.4 Å². The molecule has 0 aliphatic carbocycles. The molecule has 0 saturated heterocycles. The first-order chi connectivity index (χ1) is 13.1. The van der Waals surface area contributed by atoms with Gasteiger partial charge in [0, 0.05) is 12.1 Å². The van der Waals surface area contributed by atoms with E-state index in [0.717, 1.165) is 12.8 Å². The minimum atomic E-state index is -0.0363. The maximum atomic E-state index is 12.1. The number of carbonyl (C=O) groups excluding carboxylic acids is 1. The number of rotatable bonds is 11. The Labute approximate surface area is 164 Å². The number of thioether (sulfide) groups is 1. The molecule has 1 amide bonds. The summed E-state index contributed by atoms with van der Waals surface area (Å²) >= 11 is 1.22. The van der Waals surface area contributed by atoms with Gasteiger partial charge in [0.1, 0.15) is 11.5 Å². The highest BCUT2D eigenvalue weighted by atomic mass is 32.2. The molecule has 27 heavy (non-hydrogen) atoms. The van der Waals surface area contributed by atoms with Crippen molar-refractivity contribution in [2.24, 2.45) is 0 Å². The number of nitrogens with zero attached hydrogens (tertiary/aromatic N) is 2. The van der Waals surface area contributed by atoms with Crippen molar-refractivity contribution in [3.8, 4) is 23.0 Å². The fraction of sp³-hybridized carbons (Fsp3) is 0.526.